The monoisotopic (exact) mass is 263 g/mol. The second-order valence-electron chi connectivity index (χ2n) is 5.92. The molecule has 19 heavy (non-hydrogen) atoms. The Morgan fingerprint density at radius 2 is 1.89 bits per heavy atom. The fourth-order valence-corrected chi connectivity index (χ4v) is 2.79. The van der Waals surface area contributed by atoms with E-state index >= 15 is 0 Å². The maximum Gasteiger partial charge on any atom is 0.169 e. The number of carbonyl (C=O) groups is 1. The lowest BCUT2D eigenvalue weighted by molar-refractivity contribution is 0.0897. The van der Waals surface area contributed by atoms with Gasteiger partial charge >= 0.3 is 0 Å². The van der Waals surface area contributed by atoms with E-state index < -0.39 is 5.82 Å². The molecular formula is C16H22FNO. The highest BCUT2D eigenvalue weighted by molar-refractivity contribution is 5.98. The van der Waals surface area contributed by atoms with Gasteiger partial charge in [0.1, 0.15) is 5.82 Å². The average molecular weight is 263 g/mol. The Hall–Kier alpha value is -1.22. The average Bonchev–Trinajstić information content (AvgIpc) is 2.68. The van der Waals surface area contributed by atoms with Gasteiger partial charge < -0.3 is 4.90 Å². The molecule has 1 aliphatic rings. The lowest BCUT2D eigenvalue weighted by atomic mass is 9.98. The molecule has 0 aliphatic carbocycles. The van der Waals surface area contributed by atoms with Crippen LogP contribution in [0.2, 0.25) is 0 Å². The molecule has 3 heteroatoms. The Labute approximate surface area is 114 Å². The summed E-state index contributed by atoms with van der Waals surface area (Å²) in [6, 6.07) is 6.24. The molecule has 0 bridgehead atoms. The summed E-state index contributed by atoms with van der Waals surface area (Å²) in [5.74, 6) is 0.689. The first-order chi connectivity index (χ1) is 8.99. The molecular weight excluding hydrogens is 241 g/mol. The molecule has 2 rings (SSSR count). The van der Waals surface area contributed by atoms with E-state index in [2.05, 4.69) is 18.7 Å². The van der Waals surface area contributed by atoms with Crippen LogP contribution in [-0.4, -0.2) is 30.3 Å². The van der Waals surface area contributed by atoms with E-state index in [1.807, 2.05) is 6.92 Å². The van der Waals surface area contributed by atoms with E-state index in [9.17, 15) is 9.18 Å². The Balaban J connectivity index is 1.99. The van der Waals surface area contributed by atoms with Crippen molar-refractivity contribution in [3.8, 4) is 0 Å². The second-order valence-corrected chi connectivity index (χ2v) is 5.92. The van der Waals surface area contributed by atoms with Gasteiger partial charge in [0, 0.05) is 25.6 Å². The molecule has 1 aliphatic heterocycles. The van der Waals surface area contributed by atoms with Crippen molar-refractivity contribution in [1.82, 2.24) is 4.90 Å². The van der Waals surface area contributed by atoms with E-state index in [4.69, 9.17) is 0 Å². The van der Waals surface area contributed by atoms with Gasteiger partial charge in [0.25, 0.3) is 0 Å². The van der Waals surface area contributed by atoms with Crippen LogP contribution in [0.3, 0.4) is 0 Å². The van der Waals surface area contributed by atoms with Gasteiger partial charge in [-0.25, -0.2) is 4.39 Å². The largest absolute Gasteiger partial charge is 0.302 e. The quantitative estimate of drug-likeness (QED) is 0.777. The van der Waals surface area contributed by atoms with Gasteiger partial charge in [-0.2, -0.15) is 0 Å². The van der Waals surface area contributed by atoms with E-state index in [1.54, 1.807) is 18.2 Å². The fraction of sp³-hybridized carbons (Fsp3) is 0.562. The minimum Gasteiger partial charge on any atom is -0.302 e. The predicted molar refractivity (Wildman–Crippen MR) is 74.7 cm³/mol. The molecule has 104 valence electrons. The molecule has 0 radical (unpaired) electrons. The summed E-state index contributed by atoms with van der Waals surface area (Å²) in [6.07, 6.45) is 0. The molecule has 1 heterocycles. The van der Waals surface area contributed by atoms with Crippen LogP contribution in [0.15, 0.2) is 24.3 Å². The van der Waals surface area contributed by atoms with Gasteiger partial charge in [0.05, 0.1) is 5.56 Å². The van der Waals surface area contributed by atoms with Crippen LogP contribution in [0.4, 0.5) is 4.39 Å². The third-order valence-electron chi connectivity index (χ3n) is 4.18. The molecule has 0 amide bonds. The number of carbonyl (C=O) groups excluding carboxylic acids is 1. The van der Waals surface area contributed by atoms with Gasteiger partial charge in [-0.15, -0.1) is 0 Å². The number of benzene rings is 1. The molecule has 1 fully saturated rings. The van der Waals surface area contributed by atoms with Crippen molar-refractivity contribution >= 4 is 5.78 Å². The van der Waals surface area contributed by atoms with E-state index in [0.717, 1.165) is 19.6 Å². The van der Waals surface area contributed by atoms with Crippen LogP contribution in [-0.2, 0) is 0 Å². The molecule has 2 nitrogen and oxygen atoms in total. The molecule has 0 N–H and O–H groups in total. The molecule has 1 aromatic carbocycles. The van der Waals surface area contributed by atoms with E-state index in [0.29, 0.717) is 11.8 Å². The van der Waals surface area contributed by atoms with Crippen molar-refractivity contribution < 1.29 is 9.18 Å². The summed E-state index contributed by atoms with van der Waals surface area (Å²) in [5, 5.41) is 0. The minimum atomic E-state index is -0.414. The van der Waals surface area contributed by atoms with E-state index in [-0.39, 0.29) is 17.3 Å². The maximum atomic E-state index is 13.6. The summed E-state index contributed by atoms with van der Waals surface area (Å²) < 4.78 is 13.6. The third-order valence-corrected chi connectivity index (χ3v) is 4.18. The highest BCUT2D eigenvalue weighted by atomic mass is 19.1. The summed E-state index contributed by atoms with van der Waals surface area (Å²) in [7, 11) is 0. The molecule has 3 atom stereocenters. The summed E-state index contributed by atoms with van der Waals surface area (Å²) in [4.78, 5) is 14.6. The highest BCUT2D eigenvalue weighted by Crippen LogP contribution is 2.23. The van der Waals surface area contributed by atoms with Crippen molar-refractivity contribution in [3.63, 3.8) is 0 Å². The van der Waals surface area contributed by atoms with Crippen molar-refractivity contribution in [2.24, 2.45) is 17.8 Å². The Morgan fingerprint density at radius 1 is 1.32 bits per heavy atom. The Kier molecular flexibility index (Phi) is 4.35. The highest BCUT2D eigenvalue weighted by Gasteiger charge is 2.29. The standard InChI is InChI=1S/C16H22FNO/c1-11-8-18(9-12(11)2)10-13(3)16(19)14-6-4-5-7-15(14)17/h4-7,11-13H,8-10H2,1-3H3. The van der Waals surface area contributed by atoms with Crippen LogP contribution >= 0.6 is 0 Å². The molecule has 1 saturated heterocycles. The fourth-order valence-electron chi connectivity index (χ4n) is 2.79. The van der Waals surface area contributed by atoms with Gasteiger partial charge in [-0.05, 0) is 24.0 Å². The number of rotatable bonds is 4. The zero-order valence-electron chi connectivity index (χ0n) is 11.9. The number of hydrogen-bond acceptors (Lipinski definition) is 2. The van der Waals surface area contributed by atoms with Crippen LogP contribution in [0, 0.1) is 23.6 Å². The van der Waals surface area contributed by atoms with Gasteiger partial charge in [0.2, 0.25) is 0 Å². The molecule has 0 spiro atoms. The van der Waals surface area contributed by atoms with Crippen LogP contribution < -0.4 is 0 Å². The molecule has 0 aromatic heterocycles. The van der Waals surface area contributed by atoms with E-state index in [1.165, 1.54) is 6.07 Å². The first-order valence-electron chi connectivity index (χ1n) is 7.00. The Morgan fingerprint density at radius 3 is 2.47 bits per heavy atom. The Bertz CT molecular complexity index is 450. The van der Waals surface area contributed by atoms with Crippen molar-refractivity contribution in [1.29, 1.82) is 0 Å². The number of nitrogens with zero attached hydrogens (tertiary/aromatic N) is 1. The number of Topliss-reactive ketones (excluding diaryl/α,β-unsaturated/α-hetero) is 1. The third kappa shape index (κ3) is 3.21. The number of ketones is 1. The topological polar surface area (TPSA) is 20.3 Å². The number of hydrogen-bond donors (Lipinski definition) is 0. The summed E-state index contributed by atoms with van der Waals surface area (Å²) in [6.45, 7) is 9.18. The first-order valence-corrected chi connectivity index (χ1v) is 7.00. The molecule has 0 saturated carbocycles. The number of halogens is 1. The molecule has 1 aromatic rings. The lowest BCUT2D eigenvalue weighted by Gasteiger charge is -2.20. The number of likely N-dealkylation sites (tertiary alicyclic amines) is 1. The van der Waals surface area contributed by atoms with Crippen molar-refractivity contribution in [2.45, 2.75) is 20.8 Å². The van der Waals surface area contributed by atoms with Crippen molar-refractivity contribution in [3.05, 3.63) is 35.6 Å². The van der Waals surface area contributed by atoms with Gasteiger partial charge in [-0.1, -0.05) is 32.9 Å². The normalized spacial score (nSPS) is 25.5. The zero-order chi connectivity index (χ0) is 14.0. The van der Waals surface area contributed by atoms with Crippen molar-refractivity contribution in [2.75, 3.05) is 19.6 Å². The zero-order valence-corrected chi connectivity index (χ0v) is 11.9. The van der Waals surface area contributed by atoms with Gasteiger partial charge in [0.15, 0.2) is 5.78 Å². The smallest absolute Gasteiger partial charge is 0.169 e. The SMILES string of the molecule is CC(CN1CC(C)C(C)C1)C(=O)c1ccccc1F. The second kappa shape index (κ2) is 5.83. The predicted octanol–water partition coefficient (Wildman–Crippen LogP) is 3.23. The van der Waals surface area contributed by atoms with Gasteiger partial charge in [-0.3, -0.25) is 4.79 Å². The first kappa shape index (κ1) is 14.2. The van der Waals surface area contributed by atoms with Crippen LogP contribution in [0.1, 0.15) is 31.1 Å². The summed E-state index contributed by atoms with van der Waals surface area (Å²) in [5.41, 5.74) is 0.218. The maximum absolute atomic E-state index is 13.6. The molecule has 3 unspecified atom stereocenters. The lowest BCUT2D eigenvalue weighted by Crippen LogP contribution is -2.30. The van der Waals surface area contributed by atoms with Crippen LogP contribution in [0.5, 0.6) is 0 Å². The van der Waals surface area contributed by atoms with Crippen LogP contribution in [0.25, 0.3) is 0 Å². The summed E-state index contributed by atoms with van der Waals surface area (Å²) >= 11 is 0. The minimum absolute atomic E-state index is 0.0923.